The lowest BCUT2D eigenvalue weighted by atomic mass is 10.1. The Bertz CT molecular complexity index is 1040. The van der Waals surface area contributed by atoms with Gasteiger partial charge in [-0.05, 0) is 31.7 Å². The van der Waals surface area contributed by atoms with Crippen molar-refractivity contribution in [2.75, 3.05) is 20.1 Å². The second kappa shape index (κ2) is 7.72. The van der Waals surface area contributed by atoms with Gasteiger partial charge in [-0.15, -0.1) is 11.3 Å². The number of hydrogen-bond acceptors (Lipinski definition) is 4. The van der Waals surface area contributed by atoms with Gasteiger partial charge >= 0.3 is 0 Å². The van der Waals surface area contributed by atoms with Gasteiger partial charge in [0.15, 0.2) is 0 Å². The number of likely N-dealkylation sites (N-methyl/N-ethyl adjacent to an activating group) is 1. The van der Waals surface area contributed by atoms with Gasteiger partial charge in [0.05, 0.1) is 12.1 Å². The molecule has 4 rings (SSSR count). The standard InChI is InChI=1S/C22H22F2N2O2S/c1-14-19(21(27)25-18-11-26(2)13-22(18,23)24)20-16(9-6-10-17(20)29-14)28-12-15-7-4-3-5-8-15/h3-10,18H,11-13H2,1-2H3,(H,25,27). The molecule has 1 aliphatic heterocycles. The van der Waals surface area contributed by atoms with E-state index in [1.54, 1.807) is 7.05 Å². The molecule has 1 unspecified atom stereocenters. The number of likely N-dealkylation sites (tertiary alicyclic amines) is 1. The Balaban J connectivity index is 1.63. The van der Waals surface area contributed by atoms with E-state index in [1.807, 2.05) is 55.5 Å². The molecule has 0 spiro atoms. The van der Waals surface area contributed by atoms with Gasteiger partial charge < -0.3 is 10.1 Å². The third-order valence-electron chi connectivity index (χ3n) is 5.11. The molecule has 0 bridgehead atoms. The van der Waals surface area contributed by atoms with Gasteiger partial charge in [-0.25, -0.2) is 8.78 Å². The minimum atomic E-state index is -2.95. The number of hydrogen-bond donors (Lipinski definition) is 1. The molecule has 2 aromatic carbocycles. The third kappa shape index (κ3) is 3.97. The second-order valence-corrected chi connectivity index (χ2v) is 8.68. The molecule has 0 radical (unpaired) electrons. The van der Waals surface area contributed by atoms with Crippen molar-refractivity contribution in [3.8, 4) is 5.75 Å². The lowest BCUT2D eigenvalue weighted by Crippen LogP contribution is -2.46. The lowest BCUT2D eigenvalue weighted by Gasteiger charge is -2.19. The van der Waals surface area contributed by atoms with Gasteiger partial charge in [0.2, 0.25) is 0 Å². The predicted molar refractivity (Wildman–Crippen MR) is 111 cm³/mol. The Morgan fingerprint density at radius 1 is 1.24 bits per heavy atom. The number of thiophene rings is 1. The maximum absolute atomic E-state index is 14.2. The van der Waals surface area contributed by atoms with E-state index in [0.29, 0.717) is 23.3 Å². The van der Waals surface area contributed by atoms with Crippen molar-refractivity contribution in [2.24, 2.45) is 0 Å². The molecule has 29 heavy (non-hydrogen) atoms. The van der Waals surface area contributed by atoms with Gasteiger partial charge in [0.25, 0.3) is 11.8 Å². The molecule has 1 fully saturated rings. The molecule has 1 N–H and O–H groups in total. The van der Waals surface area contributed by atoms with Crippen LogP contribution in [0.2, 0.25) is 0 Å². The minimum absolute atomic E-state index is 0.122. The number of halogens is 2. The molecule has 0 saturated carbocycles. The van der Waals surface area contributed by atoms with Crippen molar-refractivity contribution in [2.45, 2.75) is 25.5 Å². The normalized spacial score (nSPS) is 18.8. The van der Waals surface area contributed by atoms with Gasteiger partial charge in [0, 0.05) is 21.5 Å². The summed E-state index contributed by atoms with van der Waals surface area (Å²) < 4.78 is 35.3. The lowest BCUT2D eigenvalue weighted by molar-refractivity contribution is -0.00819. The van der Waals surface area contributed by atoms with E-state index in [2.05, 4.69) is 5.32 Å². The molecule has 3 aromatic rings. The molecule has 0 aliphatic carbocycles. The van der Waals surface area contributed by atoms with Crippen molar-refractivity contribution in [3.05, 3.63) is 64.5 Å². The first kappa shape index (κ1) is 19.8. The molecule has 1 amide bonds. The number of carbonyl (C=O) groups is 1. The summed E-state index contributed by atoms with van der Waals surface area (Å²) in [4.78, 5) is 15.3. The highest BCUT2D eigenvalue weighted by Crippen LogP contribution is 2.38. The fraction of sp³-hybridized carbons (Fsp3) is 0.318. The van der Waals surface area contributed by atoms with Crippen LogP contribution in [0.5, 0.6) is 5.75 Å². The summed E-state index contributed by atoms with van der Waals surface area (Å²) in [5.74, 6) is -2.85. The molecule has 152 valence electrons. The molecule has 1 saturated heterocycles. The predicted octanol–water partition coefficient (Wildman–Crippen LogP) is 4.47. The Morgan fingerprint density at radius 3 is 2.69 bits per heavy atom. The number of amides is 1. The zero-order valence-corrected chi connectivity index (χ0v) is 17.1. The average molecular weight is 416 g/mol. The number of ether oxygens (including phenoxy) is 1. The van der Waals surface area contributed by atoms with E-state index in [1.165, 1.54) is 16.2 Å². The van der Waals surface area contributed by atoms with E-state index < -0.39 is 17.9 Å². The van der Waals surface area contributed by atoms with Crippen LogP contribution >= 0.6 is 11.3 Å². The van der Waals surface area contributed by atoms with Crippen molar-refractivity contribution < 1.29 is 18.3 Å². The number of benzene rings is 2. The summed E-state index contributed by atoms with van der Waals surface area (Å²) in [6, 6.07) is 14.1. The highest BCUT2D eigenvalue weighted by molar-refractivity contribution is 7.19. The first-order chi connectivity index (χ1) is 13.8. The van der Waals surface area contributed by atoms with Gasteiger partial charge in [-0.2, -0.15) is 0 Å². The molecular formula is C22H22F2N2O2S. The third-order valence-corrected chi connectivity index (χ3v) is 6.18. The SMILES string of the molecule is Cc1sc2cccc(OCc3ccccc3)c2c1C(=O)NC1CN(C)CC1(F)F. The van der Waals surface area contributed by atoms with Crippen LogP contribution in [-0.2, 0) is 6.61 Å². The second-order valence-electron chi connectivity index (χ2n) is 7.42. The van der Waals surface area contributed by atoms with Gasteiger partial charge in [0.1, 0.15) is 18.4 Å². The molecule has 1 aromatic heterocycles. The van der Waals surface area contributed by atoms with Crippen LogP contribution in [0.25, 0.3) is 10.1 Å². The fourth-order valence-corrected chi connectivity index (χ4v) is 4.80. The molecule has 7 heteroatoms. The van der Waals surface area contributed by atoms with Crippen LogP contribution in [-0.4, -0.2) is 42.9 Å². The number of alkyl halides is 2. The highest BCUT2D eigenvalue weighted by Gasteiger charge is 2.47. The summed E-state index contributed by atoms with van der Waals surface area (Å²) in [5, 5.41) is 3.24. The first-order valence-electron chi connectivity index (χ1n) is 9.41. The maximum Gasteiger partial charge on any atom is 0.281 e. The van der Waals surface area contributed by atoms with E-state index in [9.17, 15) is 13.6 Å². The quantitative estimate of drug-likeness (QED) is 0.667. The molecular weight excluding hydrogens is 394 g/mol. The van der Waals surface area contributed by atoms with E-state index in [4.69, 9.17) is 4.74 Å². The van der Waals surface area contributed by atoms with Crippen molar-refractivity contribution in [1.82, 2.24) is 10.2 Å². The van der Waals surface area contributed by atoms with Crippen LogP contribution in [0, 0.1) is 6.92 Å². The van der Waals surface area contributed by atoms with Crippen LogP contribution < -0.4 is 10.1 Å². The number of nitrogens with zero attached hydrogens (tertiary/aromatic N) is 1. The molecule has 1 aliphatic rings. The minimum Gasteiger partial charge on any atom is -0.488 e. The Labute approximate surface area is 172 Å². The number of rotatable bonds is 5. The largest absolute Gasteiger partial charge is 0.488 e. The zero-order chi connectivity index (χ0) is 20.6. The van der Waals surface area contributed by atoms with Gasteiger partial charge in [-0.3, -0.25) is 9.69 Å². The smallest absolute Gasteiger partial charge is 0.281 e. The summed E-state index contributed by atoms with van der Waals surface area (Å²) in [6.07, 6.45) is 0. The average Bonchev–Trinajstić information content (AvgIpc) is 3.15. The number of fused-ring (bicyclic) bond motifs is 1. The Morgan fingerprint density at radius 2 is 2.00 bits per heavy atom. The topological polar surface area (TPSA) is 41.6 Å². The van der Waals surface area contributed by atoms with Crippen LogP contribution in [0.4, 0.5) is 8.78 Å². The number of carbonyl (C=O) groups excluding carboxylic acids is 1. The molecule has 4 nitrogen and oxygen atoms in total. The van der Waals surface area contributed by atoms with Crippen LogP contribution in [0.3, 0.4) is 0 Å². The Hall–Kier alpha value is -2.51. The summed E-state index contributed by atoms with van der Waals surface area (Å²) >= 11 is 1.46. The summed E-state index contributed by atoms with van der Waals surface area (Å²) in [6.45, 7) is 1.96. The maximum atomic E-state index is 14.2. The number of aryl methyl sites for hydroxylation is 1. The van der Waals surface area contributed by atoms with E-state index >= 15 is 0 Å². The van der Waals surface area contributed by atoms with E-state index in [-0.39, 0.29) is 13.1 Å². The fourth-order valence-electron chi connectivity index (χ4n) is 3.72. The van der Waals surface area contributed by atoms with Crippen molar-refractivity contribution in [1.29, 1.82) is 0 Å². The number of nitrogens with one attached hydrogen (secondary N) is 1. The van der Waals surface area contributed by atoms with Crippen LogP contribution in [0.1, 0.15) is 20.8 Å². The summed E-state index contributed by atoms with van der Waals surface area (Å²) in [5.41, 5.74) is 1.43. The van der Waals surface area contributed by atoms with Crippen LogP contribution in [0.15, 0.2) is 48.5 Å². The Kier molecular flexibility index (Phi) is 5.27. The van der Waals surface area contributed by atoms with Crippen molar-refractivity contribution in [3.63, 3.8) is 0 Å². The molecule has 1 atom stereocenters. The van der Waals surface area contributed by atoms with Gasteiger partial charge in [-0.1, -0.05) is 36.4 Å². The first-order valence-corrected chi connectivity index (χ1v) is 10.2. The monoisotopic (exact) mass is 416 g/mol. The zero-order valence-electron chi connectivity index (χ0n) is 16.2. The highest BCUT2D eigenvalue weighted by atomic mass is 32.1. The summed E-state index contributed by atoms with van der Waals surface area (Å²) in [7, 11) is 1.63. The molecule has 2 heterocycles. The van der Waals surface area contributed by atoms with Crippen molar-refractivity contribution >= 4 is 27.3 Å². The van der Waals surface area contributed by atoms with E-state index in [0.717, 1.165) is 15.1 Å².